The van der Waals surface area contributed by atoms with Crippen LogP contribution >= 0.6 is 11.3 Å². The van der Waals surface area contributed by atoms with Crippen molar-refractivity contribution in [1.82, 2.24) is 19.3 Å². The maximum atomic E-state index is 12.5. The third-order valence-corrected chi connectivity index (χ3v) is 5.09. The van der Waals surface area contributed by atoms with Gasteiger partial charge in [-0.05, 0) is 12.1 Å². The molecule has 4 heterocycles. The lowest BCUT2D eigenvalue weighted by molar-refractivity contribution is -0.130. The fourth-order valence-corrected chi connectivity index (χ4v) is 3.75. The van der Waals surface area contributed by atoms with Crippen molar-refractivity contribution in [3.63, 3.8) is 0 Å². The number of nitrogens with zero attached hydrogens (tertiary/aromatic N) is 6. The van der Waals surface area contributed by atoms with E-state index in [4.69, 9.17) is 0 Å². The first-order valence-corrected chi connectivity index (χ1v) is 8.91. The number of anilines is 1. The van der Waals surface area contributed by atoms with Gasteiger partial charge in [-0.15, -0.1) is 11.3 Å². The number of hydrogen-bond acceptors (Lipinski definition) is 6. The fraction of sp³-hybridized carbons (Fsp3) is 0.294. The first-order valence-electron chi connectivity index (χ1n) is 8.03. The Kier molecular flexibility index (Phi) is 4.07. The third kappa shape index (κ3) is 3.06. The Morgan fingerprint density at radius 3 is 2.92 bits per heavy atom. The van der Waals surface area contributed by atoms with Crippen LogP contribution in [0.4, 0.5) is 5.82 Å². The van der Waals surface area contributed by atoms with E-state index in [1.807, 2.05) is 27.1 Å². The minimum Gasteiger partial charge on any atom is -0.352 e. The zero-order chi connectivity index (χ0) is 17.2. The van der Waals surface area contributed by atoms with Crippen LogP contribution in [0.15, 0.2) is 36.1 Å². The molecule has 1 saturated heterocycles. The highest BCUT2D eigenvalue weighted by molar-refractivity contribution is 7.15. The number of rotatable bonds is 3. The van der Waals surface area contributed by atoms with Crippen molar-refractivity contribution in [2.45, 2.75) is 6.42 Å². The molecule has 0 aliphatic carbocycles. The number of thiazole rings is 1. The molecular weight excluding hydrogens is 336 g/mol. The average Bonchev–Trinajstić information content (AvgIpc) is 3.23. The number of piperazine rings is 1. The molecule has 8 heteroatoms. The number of fused-ring (bicyclic) bond motifs is 1. The van der Waals surface area contributed by atoms with Gasteiger partial charge in [0.1, 0.15) is 11.9 Å². The Morgan fingerprint density at radius 2 is 2.16 bits per heavy atom. The number of nitriles is 1. The van der Waals surface area contributed by atoms with Gasteiger partial charge in [-0.1, -0.05) is 0 Å². The first-order chi connectivity index (χ1) is 12.2. The normalized spacial score (nSPS) is 14.7. The van der Waals surface area contributed by atoms with Gasteiger partial charge >= 0.3 is 0 Å². The van der Waals surface area contributed by atoms with E-state index < -0.39 is 0 Å². The molecule has 1 fully saturated rings. The minimum absolute atomic E-state index is 0.0898. The summed E-state index contributed by atoms with van der Waals surface area (Å²) < 4.78 is 1.94. The number of amides is 1. The lowest BCUT2D eigenvalue weighted by Crippen LogP contribution is -2.49. The molecule has 7 nitrogen and oxygen atoms in total. The van der Waals surface area contributed by atoms with Crippen molar-refractivity contribution >= 4 is 28.0 Å². The van der Waals surface area contributed by atoms with Crippen molar-refractivity contribution in [3.8, 4) is 6.07 Å². The molecule has 0 unspecified atom stereocenters. The molecule has 0 bridgehead atoms. The summed E-state index contributed by atoms with van der Waals surface area (Å²) in [6, 6.07) is 5.70. The van der Waals surface area contributed by atoms with Gasteiger partial charge in [-0.2, -0.15) is 5.26 Å². The Labute approximate surface area is 148 Å². The van der Waals surface area contributed by atoms with Gasteiger partial charge < -0.3 is 9.80 Å². The smallest absolute Gasteiger partial charge is 0.228 e. The van der Waals surface area contributed by atoms with E-state index in [-0.39, 0.29) is 5.91 Å². The first kappa shape index (κ1) is 15.6. The number of carbonyl (C=O) groups excluding carboxylic acids is 1. The van der Waals surface area contributed by atoms with Crippen molar-refractivity contribution in [2.75, 3.05) is 31.1 Å². The topological polar surface area (TPSA) is 77.5 Å². The Balaban J connectivity index is 1.39. The van der Waals surface area contributed by atoms with E-state index in [0.717, 1.165) is 10.7 Å². The predicted molar refractivity (Wildman–Crippen MR) is 94.5 cm³/mol. The second-order valence-electron chi connectivity index (χ2n) is 5.86. The van der Waals surface area contributed by atoms with E-state index in [1.54, 1.807) is 29.7 Å². The standard InChI is InChI=1S/C17H16N6OS/c18-11-13-2-1-3-19-16(13)22-6-4-21(5-7-22)15(24)10-14-12-23-8-9-25-17(23)20-14/h1-3,8-9,12H,4-7,10H2. The molecule has 0 atom stereocenters. The van der Waals surface area contributed by atoms with E-state index in [1.165, 1.54) is 0 Å². The van der Waals surface area contributed by atoms with Crippen molar-refractivity contribution in [2.24, 2.45) is 0 Å². The monoisotopic (exact) mass is 352 g/mol. The lowest BCUT2D eigenvalue weighted by atomic mass is 10.2. The zero-order valence-electron chi connectivity index (χ0n) is 13.5. The highest BCUT2D eigenvalue weighted by Gasteiger charge is 2.24. The molecule has 25 heavy (non-hydrogen) atoms. The summed E-state index contributed by atoms with van der Waals surface area (Å²) in [5.41, 5.74) is 1.37. The highest BCUT2D eigenvalue weighted by Crippen LogP contribution is 2.18. The molecular formula is C17H16N6OS. The summed E-state index contributed by atoms with van der Waals surface area (Å²) in [5.74, 6) is 0.790. The molecule has 0 N–H and O–H groups in total. The van der Waals surface area contributed by atoms with Gasteiger partial charge in [0, 0.05) is 50.1 Å². The molecule has 0 aromatic carbocycles. The Bertz CT molecular complexity index is 919. The maximum absolute atomic E-state index is 12.5. The molecule has 1 amide bonds. The molecule has 4 rings (SSSR count). The summed E-state index contributed by atoms with van der Waals surface area (Å²) in [7, 11) is 0. The number of hydrogen-bond donors (Lipinski definition) is 0. The molecule has 0 spiro atoms. The van der Waals surface area contributed by atoms with Crippen LogP contribution in [0.3, 0.4) is 0 Å². The third-order valence-electron chi connectivity index (χ3n) is 4.31. The summed E-state index contributed by atoms with van der Waals surface area (Å²) in [6.45, 7) is 2.61. The van der Waals surface area contributed by atoms with E-state index in [2.05, 4.69) is 20.9 Å². The Hall–Kier alpha value is -2.92. The average molecular weight is 352 g/mol. The summed E-state index contributed by atoms with van der Waals surface area (Å²) in [6.07, 6.45) is 5.87. The van der Waals surface area contributed by atoms with Crippen molar-refractivity contribution in [1.29, 1.82) is 5.26 Å². The van der Waals surface area contributed by atoms with Gasteiger partial charge in [0.05, 0.1) is 17.7 Å². The molecule has 1 aliphatic heterocycles. The summed E-state index contributed by atoms with van der Waals surface area (Å²) in [4.78, 5) is 26.1. The van der Waals surface area contributed by atoms with Crippen LogP contribution in [0.25, 0.3) is 4.96 Å². The molecule has 126 valence electrons. The van der Waals surface area contributed by atoms with Crippen molar-refractivity contribution < 1.29 is 4.79 Å². The zero-order valence-corrected chi connectivity index (χ0v) is 14.3. The van der Waals surface area contributed by atoms with Crippen molar-refractivity contribution in [3.05, 3.63) is 47.4 Å². The van der Waals surface area contributed by atoms with Crippen LogP contribution in [-0.4, -0.2) is 51.4 Å². The molecule has 3 aromatic rings. The number of imidazole rings is 1. The summed E-state index contributed by atoms with van der Waals surface area (Å²) >= 11 is 1.56. The SMILES string of the molecule is N#Cc1cccnc1N1CCN(C(=O)Cc2cn3ccsc3n2)CC1. The van der Waals surface area contributed by atoms with Crippen LogP contribution in [0.5, 0.6) is 0 Å². The molecule has 0 radical (unpaired) electrons. The van der Waals surface area contributed by atoms with Crippen LogP contribution in [-0.2, 0) is 11.2 Å². The quantitative estimate of drug-likeness (QED) is 0.715. The van der Waals surface area contributed by atoms with Crippen LogP contribution < -0.4 is 4.90 Å². The highest BCUT2D eigenvalue weighted by atomic mass is 32.1. The molecule has 0 saturated carbocycles. The van der Waals surface area contributed by atoms with Gasteiger partial charge in [0.15, 0.2) is 4.96 Å². The minimum atomic E-state index is 0.0898. The number of carbonyl (C=O) groups is 1. The van der Waals surface area contributed by atoms with Gasteiger partial charge in [0.2, 0.25) is 5.91 Å². The van der Waals surface area contributed by atoms with E-state index >= 15 is 0 Å². The molecule has 1 aliphatic rings. The van der Waals surface area contributed by atoms with Crippen LogP contribution in [0, 0.1) is 11.3 Å². The van der Waals surface area contributed by atoms with E-state index in [0.29, 0.717) is 44.0 Å². The van der Waals surface area contributed by atoms with Crippen LogP contribution in [0.1, 0.15) is 11.3 Å². The van der Waals surface area contributed by atoms with E-state index in [9.17, 15) is 10.1 Å². The van der Waals surface area contributed by atoms with Crippen LogP contribution in [0.2, 0.25) is 0 Å². The van der Waals surface area contributed by atoms with Gasteiger partial charge in [-0.3, -0.25) is 9.20 Å². The van der Waals surface area contributed by atoms with Gasteiger partial charge in [-0.25, -0.2) is 9.97 Å². The number of aromatic nitrogens is 3. The largest absolute Gasteiger partial charge is 0.352 e. The second-order valence-corrected chi connectivity index (χ2v) is 6.73. The second kappa shape index (κ2) is 6.53. The lowest BCUT2D eigenvalue weighted by Gasteiger charge is -2.35. The summed E-state index contributed by atoms with van der Waals surface area (Å²) in [5, 5.41) is 11.2. The Morgan fingerprint density at radius 1 is 1.32 bits per heavy atom. The predicted octanol–water partition coefficient (Wildman–Crippen LogP) is 1.55. The van der Waals surface area contributed by atoms with Gasteiger partial charge in [0.25, 0.3) is 0 Å². The number of pyridine rings is 1. The fourth-order valence-electron chi connectivity index (χ4n) is 3.03. The maximum Gasteiger partial charge on any atom is 0.228 e. The molecule has 3 aromatic heterocycles.